The van der Waals surface area contributed by atoms with Crippen molar-refractivity contribution in [3.05, 3.63) is 97.4 Å². The number of nitrogens with zero attached hydrogens (tertiary/aromatic N) is 1. The summed E-state index contributed by atoms with van der Waals surface area (Å²) in [4.78, 5) is 24.7. The van der Waals surface area contributed by atoms with Crippen molar-refractivity contribution in [3.63, 3.8) is 0 Å². The van der Waals surface area contributed by atoms with Gasteiger partial charge < -0.3 is 4.74 Å². The van der Waals surface area contributed by atoms with Crippen molar-refractivity contribution in [3.8, 4) is 5.75 Å². The SMILES string of the molecule is Cc1cccc(C(=O)Oc2ccc(Br)cc2C=NNC(=O)c2ccc(Cl)c(Cl)c2)c1. The van der Waals surface area contributed by atoms with E-state index in [0.29, 0.717) is 27.5 Å². The molecule has 152 valence electrons. The first-order valence-electron chi connectivity index (χ1n) is 8.70. The number of ether oxygens (including phenoxy) is 1. The Bertz CT molecular complexity index is 1150. The summed E-state index contributed by atoms with van der Waals surface area (Å²) in [6.07, 6.45) is 1.39. The Labute approximate surface area is 191 Å². The fourth-order valence-corrected chi connectivity index (χ4v) is 3.18. The zero-order chi connectivity index (χ0) is 21.7. The first kappa shape index (κ1) is 22.0. The molecule has 1 amide bonds. The monoisotopic (exact) mass is 504 g/mol. The number of carbonyl (C=O) groups is 2. The second-order valence-corrected chi connectivity index (χ2v) is 8.00. The number of hydrazone groups is 1. The van der Waals surface area contributed by atoms with Crippen LogP contribution in [0.5, 0.6) is 5.75 Å². The third-order valence-corrected chi connectivity index (χ3v) is 5.21. The van der Waals surface area contributed by atoms with E-state index in [2.05, 4.69) is 26.5 Å². The number of hydrogen-bond acceptors (Lipinski definition) is 4. The molecule has 0 bridgehead atoms. The first-order valence-corrected chi connectivity index (χ1v) is 10.3. The van der Waals surface area contributed by atoms with E-state index in [1.807, 2.05) is 13.0 Å². The van der Waals surface area contributed by atoms with Gasteiger partial charge in [-0.15, -0.1) is 0 Å². The van der Waals surface area contributed by atoms with Crippen LogP contribution in [0.25, 0.3) is 0 Å². The Kier molecular flexibility index (Phi) is 7.26. The summed E-state index contributed by atoms with van der Waals surface area (Å²) in [5, 5.41) is 4.57. The van der Waals surface area contributed by atoms with Crippen LogP contribution in [0.2, 0.25) is 10.0 Å². The van der Waals surface area contributed by atoms with E-state index >= 15 is 0 Å². The molecule has 8 heteroatoms. The molecule has 0 spiro atoms. The lowest BCUT2D eigenvalue weighted by Gasteiger charge is -2.08. The summed E-state index contributed by atoms with van der Waals surface area (Å²) in [6, 6.07) is 16.7. The second-order valence-electron chi connectivity index (χ2n) is 6.27. The van der Waals surface area contributed by atoms with Crippen LogP contribution < -0.4 is 10.2 Å². The minimum absolute atomic E-state index is 0.269. The number of aryl methyl sites for hydroxylation is 1. The van der Waals surface area contributed by atoms with E-state index in [-0.39, 0.29) is 5.02 Å². The van der Waals surface area contributed by atoms with E-state index in [4.69, 9.17) is 27.9 Å². The molecule has 0 atom stereocenters. The number of amides is 1. The van der Waals surface area contributed by atoms with Crippen molar-refractivity contribution in [1.29, 1.82) is 0 Å². The molecule has 0 fully saturated rings. The molecule has 5 nitrogen and oxygen atoms in total. The molecule has 0 aliphatic rings. The van der Waals surface area contributed by atoms with Gasteiger partial charge in [-0.05, 0) is 55.5 Å². The van der Waals surface area contributed by atoms with E-state index in [1.54, 1.807) is 36.4 Å². The summed E-state index contributed by atoms with van der Waals surface area (Å²) >= 11 is 15.2. The number of carbonyl (C=O) groups excluding carboxylic acids is 2. The van der Waals surface area contributed by atoms with Crippen LogP contribution in [0.1, 0.15) is 31.8 Å². The Morgan fingerprint density at radius 2 is 1.80 bits per heavy atom. The average Bonchev–Trinajstić information content (AvgIpc) is 2.71. The predicted molar refractivity (Wildman–Crippen MR) is 122 cm³/mol. The van der Waals surface area contributed by atoms with Crippen molar-refractivity contribution < 1.29 is 14.3 Å². The molecule has 0 aliphatic heterocycles. The van der Waals surface area contributed by atoms with E-state index in [9.17, 15) is 9.59 Å². The van der Waals surface area contributed by atoms with Gasteiger partial charge in [-0.1, -0.05) is 56.8 Å². The zero-order valence-corrected chi connectivity index (χ0v) is 18.8. The summed E-state index contributed by atoms with van der Waals surface area (Å²) < 4.78 is 6.28. The van der Waals surface area contributed by atoms with E-state index in [0.717, 1.165) is 10.0 Å². The highest BCUT2D eigenvalue weighted by atomic mass is 79.9. The number of esters is 1. The Balaban J connectivity index is 1.75. The van der Waals surface area contributed by atoms with Crippen LogP contribution in [0.3, 0.4) is 0 Å². The van der Waals surface area contributed by atoms with Crippen LogP contribution in [0, 0.1) is 6.92 Å². The van der Waals surface area contributed by atoms with Crippen LogP contribution in [0.4, 0.5) is 0 Å². The maximum atomic E-state index is 12.5. The van der Waals surface area contributed by atoms with Crippen LogP contribution in [-0.4, -0.2) is 18.1 Å². The van der Waals surface area contributed by atoms with Gasteiger partial charge in [-0.25, -0.2) is 10.2 Å². The number of benzene rings is 3. The van der Waals surface area contributed by atoms with Crippen molar-refractivity contribution >= 4 is 57.2 Å². The topological polar surface area (TPSA) is 67.8 Å². The molecule has 0 aromatic heterocycles. The van der Waals surface area contributed by atoms with Crippen molar-refractivity contribution in [1.82, 2.24) is 5.43 Å². The average molecular weight is 506 g/mol. The molecule has 30 heavy (non-hydrogen) atoms. The Morgan fingerprint density at radius 3 is 2.53 bits per heavy atom. The first-order chi connectivity index (χ1) is 14.3. The maximum Gasteiger partial charge on any atom is 0.343 e. The van der Waals surface area contributed by atoms with Gasteiger partial charge in [0.15, 0.2) is 0 Å². The smallest absolute Gasteiger partial charge is 0.343 e. The maximum absolute atomic E-state index is 12.5. The highest BCUT2D eigenvalue weighted by Crippen LogP contribution is 2.24. The highest BCUT2D eigenvalue weighted by Gasteiger charge is 2.12. The summed E-state index contributed by atoms with van der Waals surface area (Å²) in [6.45, 7) is 1.89. The van der Waals surface area contributed by atoms with Gasteiger partial charge in [0, 0.05) is 15.6 Å². The molecule has 3 aromatic rings. The molecule has 0 heterocycles. The lowest BCUT2D eigenvalue weighted by molar-refractivity contribution is 0.0734. The summed E-state index contributed by atoms with van der Waals surface area (Å²) in [7, 11) is 0. The molecule has 0 unspecified atom stereocenters. The predicted octanol–water partition coefficient (Wildman–Crippen LogP) is 6.05. The number of nitrogens with one attached hydrogen (secondary N) is 1. The standard InChI is InChI=1S/C22H15BrCl2N2O3/c1-13-3-2-4-15(9-13)22(29)30-20-8-6-17(23)10-16(20)12-26-27-21(28)14-5-7-18(24)19(25)11-14/h2-12H,1H3,(H,27,28). The molecule has 0 saturated heterocycles. The third-order valence-electron chi connectivity index (χ3n) is 3.98. The quantitative estimate of drug-likeness (QED) is 0.199. The fraction of sp³-hybridized carbons (Fsp3) is 0.0455. The molecule has 0 saturated carbocycles. The minimum atomic E-state index is -0.490. The second kappa shape index (κ2) is 9.89. The molecular formula is C22H15BrCl2N2O3. The van der Waals surface area contributed by atoms with Gasteiger partial charge in [0.1, 0.15) is 5.75 Å². The summed E-state index contributed by atoms with van der Waals surface area (Å²) in [5.41, 5.74) is 4.60. The van der Waals surface area contributed by atoms with Crippen molar-refractivity contribution in [2.45, 2.75) is 6.92 Å². The van der Waals surface area contributed by atoms with Crippen molar-refractivity contribution in [2.24, 2.45) is 5.10 Å². The molecule has 3 aromatic carbocycles. The van der Waals surface area contributed by atoms with Gasteiger partial charge in [-0.2, -0.15) is 5.10 Å². The van der Waals surface area contributed by atoms with Gasteiger partial charge in [0.05, 0.1) is 21.8 Å². The van der Waals surface area contributed by atoms with Crippen LogP contribution in [0.15, 0.2) is 70.2 Å². The Morgan fingerprint density at radius 1 is 1.00 bits per heavy atom. The van der Waals surface area contributed by atoms with Gasteiger partial charge in [0.25, 0.3) is 5.91 Å². The van der Waals surface area contributed by atoms with Gasteiger partial charge >= 0.3 is 5.97 Å². The fourth-order valence-electron chi connectivity index (χ4n) is 2.51. The molecule has 1 N–H and O–H groups in total. The number of hydrogen-bond donors (Lipinski definition) is 1. The normalized spacial score (nSPS) is 10.8. The molecule has 0 radical (unpaired) electrons. The number of rotatable bonds is 5. The molecule has 3 rings (SSSR count). The lowest BCUT2D eigenvalue weighted by atomic mass is 10.1. The lowest BCUT2D eigenvalue weighted by Crippen LogP contribution is -2.17. The number of halogens is 3. The Hall–Kier alpha value is -2.67. The van der Waals surface area contributed by atoms with Gasteiger partial charge in [0.2, 0.25) is 0 Å². The third kappa shape index (κ3) is 5.69. The molecular weight excluding hydrogens is 491 g/mol. The van der Waals surface area contributed by atoms with E-state index < -0.39 is 11.9 Å². The van der Waals surface area contributed by atoms with Crippen molar-refractivity contribution in [2.75, 3.05) is 0 Å². The minimum Gasteiger partial charge on any atom is -0.422 e. The van der Waals surface area contributed by atoms with Crippen LogP contribution in [-0.2, 0) is 0 Å². The van der Waals surface area contributed by atoms with Crippen LogP contribution >= 0.6 is 39.1 Å². The highest BCUT2D eigenvalue weighted by molar-refractivity contribution is 9.10. The van der Waals surface area contributed by atoms with E-state index in [1.165, 1.54) is 24.4 Å². The largest absolute Gasteiger partial charge is 0.422 e. The molecule has 0 aliphatic carbocycles. The summed E-state index contributed by atoms with van der Waals surface area (Å²) in [5.74, 6) is -0.647. The van der Waals surface area contributed by atoms with Gasteiger partial charge in [-0.3, -0.25) is 4.79 Å². The zero-order valence-electron chi connectivity index (χ0n) is 15.7.